The zero-order chi connectivity index (χ0) is 21.6. The van der Waals surface area contributed by atoms with Crippen molar-refractivity contribution in [1.29, 1.82) is 0 Å². The van der Waals surface area contributed by atoms with Crippen LogP contribution in [0, 0.1) is 5.92 Å². The summed E-state index contributed by atoms with van der Waals surface area (Å²) in [6.07, 6.45) is -1.18. The maximum absolute atomic E-state index is 12.6. The molecule has 0 spiro atoms. The van der Waals surface area contributed by atoms with Gasteiger partial charge in [0.05, 0.1) is 12.2 Å². The Balaban J connectivity index is 1.42. The molecule has 3 rings (SSSR count). The van der Waals surface area contributed by atoms with E-state index < -0.39 is 23.8 Å². The first kappa shape index (κ1) is 22.0. The zero-order valence-electron chi connectivity index (χ0n) is 16.6. The third-order valence-electron chi connectivity index (χ3n) is 5.19. The van der Waals surface area contributed by atoms with E-state index in [9.17, 15) is 18.0 Å². The zero-order valence-corrected chi connectivity index (χ0v) is 16.6. The summed E-state index contributed by atoms with van der Waals surface area (Å²) in [6, 6.07) is 9.16. The lowest BCUT2D eigenvalue weighted by Crippen LogP contribution is -2.35. The number of carbonyl (C=O) groups is 1. The molecule has 1 aromatic heterocycles. The van der Waals surface area contributed by atoms with Crippen LogP contribution >= 0.6 is 0 Å². The summed E-state index contributed by atoms with van der Waals surface area (Å²) in [5.41, 5.74) is -0.109. The molecule has 1 atom stereocenters. The minimum atomic E-state index is -4.44. The van der Waals surface area contributed by atoms with Gasteiger partial charge in [-0.2, -0.15) is 13.2 Å². The topological polar surface area (TPSA) is 64.6 Å². The van der Waals surface area contributed by atoms with E-state index in [4.69, 9.17) is 9.47 Å². The van der Waals surface area contributed by atoms with Gasteiger partial charge in [-0.25, -0.2) is 14.8 Å². The number of anilines is 1. The van der Waals surface area contributed by atoms with Gasteiger partial charge in [-0.05, 0) is 30.7 Å². The number of hydrogen-bond acceptors (Lipinski definition) is 6. The van der Waals surface area contributed by atoms with E-state index in [1.165, 1.54) is 7.11 Å². The first-order chi connectivity index (χ1) is 14.4. The van der Waals surface area contributed by atoms with Crippen LogP contribution in [0.15, 0.2) is 42.7 Å². The molecular weight excluding hydrogens is 399 g/mol. The molecule has 6 nitrogen and oxygen atoms in total. The van der Waals surface area contributed by atoms with Crippen LogP contribution in [0.5, 0.6) is 0 Å². The number of esters is 1. The average Bonchev–Trinajstić information content (AvgIpc) is 2.75. The van der Waals surface area contributed by atoms with E-state index in [0.29, 0.717) is 31.6 Å². The van der Waals surface area contributed by atoms with Gasteiger partial charge in [0.15, 0.2) is 6.10 Å². The number of ether oxygens (including phenoxy) is 2. The number of piperidine rings is 1. The van der Waals surface area contributed by atoms with Crippen LogP contribution in [0.2, 0.25) is 0 Å². The summed E-state index contributed by atoms with van der Waals surface area (Å²) in [6.45, 7) is 1.59. The van der Waals surface area contributed by atoms with Crippen LogP contribution in [-0.2, 0) is 20.4 Å². The second-order valence-corrected chi connectivity index (χ2v) is 7.18. The smallest absolute Gasteiger partial charge is 0.419 e. The Labute approximate surface area is 173 Å². The third-order valence-corrected chi connectivity index (χ3v) is 5.19. The van der Waals surface area contributed by atoms with Crippen LogP contribution < -0.4 is 4.90 Å². The standard InChI is InChI=1S/C21H24F3N3O3/c1-29-18(16-5-3-2-4-6-16)19(28)30-12-9-15-7-10-27(11-8-15)20-25-13-17(14-26-20)21(22,23)24/h2-6,13-15,18H,7-12H2,1H3/t18-/m0/s1. The average molecular weight is 423 g/mol. The second kappa shape index (κ2) is 9.88. The molecule has 162 valence electrons. The number of aromatic nitrogens is 2. The van der Waals surface area contributed by atoms with Crippen molar-refractivity contribution in [3.63, 3.8) is 0 Å². The van der Waals surface area contributed by atoms with Crippen molar-refractivity contribution in [2.45, 2.75) is 31.5 Å². The summed E-state index contributed by atoms with van der Waals surface area (Å²) in [5, 5.41) is 0. The van der Waals surface area contributed by atoms with Gasteiger partial charge in [-0.15, -0.1) is 0 Å². The van der Waals surface area contributed by atoms with E-state index in [-0.39, 0.29) is 0 Å². The van der Waals surface area contributed by atoms with Gasteiger partial charge in [0.2, 0.25) is 5.95 Å². The molecular formula is C21H24F3N3O3. The maximum atomic E-state index is 12.6. The first-order valence-electron chi connectivity index (χ1n) is 9.77. The van der Waals surface area contributed by atoms with Crippen LogP contribution in [0.3, 0.4) is 0 Å². The summed E-state index contributed by atoms with van der Waals surface area (Å²) in [7, 11) is 1.47. The van der Waals surface area contributed by atoms with Gasteiger partial charge in [0, 0.05) is 32.6 Å². The van der Waals surface area contributed by atoms with Crippen molar-refractivity contribution in [2.24, 2.45) is 5.92 Å². The highest BCUT2D eigenvalue weighted by molar-refractivity contribution is 5.76. The fraction of sp³-hybridized carbons (Fsp3) is 0.476. The molecule has 1 aromatic carbocycles. The molecule has 1 aliphatic heterocycles. The van der Waals surface area contributed by atoms with Gasteiger partial charge in [0.25, 0.3) is 0 Å². The molecule has 0 bridgehead atoms. The van der Waals surface area contributed by atoms with E-state index in [1.54, 1.807) is 0 Å². The van der Waals surface area contributed by atoms with Gasteiger partial charge < -0.3 is 14.4 Å². The van der Waals surface area contributed by atoms with Crippen molar-refractivity contribution in [3.8, 4) is 0 Å². The lowest BCUT2D eigenvalue weighted by atomic mass is 9.94. The number of carbonyl (C=O) groups excluding carboxylic acids is 1. The van der Waals surface area contributed by atoms with Crippen LogP contribution in [0.4, 0.5) is 19.1 Å². The van der Waals surface area contributed by atoms with E-state index >= 15 is 0 Å². The van der Waals surface area contributed by atoms with Crippen molar-refractivity contribution in [2.75, 3.05) is 31.7 Å². The highest BCUT2D eigenvalue weighted by Crippen LogP contribution is 2.29. The Kier molecular flexibility index (Phi) is 7.25. The Hall–Kier alpha value is -2.68. The SMILES string of the molecule is CO[C@H](C(=O)OCCC1CCN(c2ncc(C(F)(F)F)cn2)CC1)c1ccccc1. The quantitative estimate of drug-likeness (QED) is 0.627. The summed E-state index contributed by atoms with van der Waals surface area (Å²) < 4.78 is 48.5. The molecule has 9 heteroatoms. The molecule has 1 fully saturated rings. The van der Waals surface area contributed by atoms with Gasteiger partial charge in [-0.3, -0.25) is 0 Å². The Morgan fingerprint density at radius 1 is 1.17 bits per heavy atom. The van der Waals surface area contributed by atoms with Crippen LogP contribution in [0.25, 0.3) is 0 Å². The Bertz CT molecular complexity index is 808. The summed E-state index contributed by atoms with van der Waals surface area (Å²) >= 11 is 0. The molecule has 0 unspecified atom stereocenters. The lowest BCUT2D eigenvalue weighted by molar-refractivity contribution is -0.156. The third kappa shape index (κ3) is 5.69. The molecule has 1 aliphatic rings. The Morgan fingerprint density at radius 2 is 1.80 bits per heavy atom. The number of methoxy groups -OCH3 is 1. The molecule has 0 amide bonds. The predicted molar refractivity (Wildman–Crippen MR) is 104 cm³/mol. The largest absolute Gasteiger partial charge is 0.463 e. The molecule has 30 heavy (non-hydrogen) atoms. The highest BCUT2D eigenvalue weighted by atomic mass is 19.4. The fourth-order valence-corrected chi connectivity index (χ4v) is 3.45. The molecule has 2 heterocycles. The van der Waals surface area contributed by atoms with Crippen molar-refractivity contribution in [1.82, 2.24) is 9.97 Å². The minimum Gasteiger partial charge on any atom is -0.463 e. The first-order valence-corrected chi connectivity index (χ1v) is 9.77. The molecule has 0 radical (unpaired) electrons. The van der Waals surface area contributed by atoms with E-state index in [1.807, 2.05) is 35.2 Å². The van der Waals surface area contributed by atoms with Gasteiger partial charge in [0.1, 0.15) is 0 Å². The van der Waals surface area contributed by atoms with Gasteiger partial charge in [-0.1, -0.05) is 30.3 Å². The number of rotatable bonds is 7. The fourth-order valence-electron chi connectivity index (χ4n) is 3.45. The van der Waals surface area contributed by atoms with E-state index in [2.05, 4.69) is 9.97 Å². The number of alkyl halides is 3. The minimum absolute atomic E-state index is 0.299. The maximum Gasteiger partial charge on any atom is 0.419 e. The van der Waals surface area contributed by atoms with Crippen LogP contribution in [-0.4, -0.2) is 42.7 Å². The highest BCUT2D eigenvalue weighted by Gasteiger charge is 2.32. The predicted octanol–water partition coefficient (Wildman–Crippen LogP) is 4.03. The van der Waals surface area contributed by atoms with Crippen molar-refractivity contribution >= 4 is 11.9 Å². The second-order valence-electron chi connectivity index (χ2n) is 7.18. The molecule has 1 saturated heterocycles. The van der Waals surface area contributed by atoms with Crippen molar-refractivity contribution < 1.29 is 27.4 Å². The monoisotopic (exact) mass is 423 g/mol. The number of halogens is 3. The Morgan fingerprint density at radius 3 is 2.37 bits per heavy atom. The van der Waals surface area contributed by atoms with Crippen molar-refractivity contribution in [3.05, 3.63) is 53.9 Å². The van der Waals surface area contributed by atoms with Crippen LogP contribution in [0.1, 0.15) is 36.5 Å². The summed E-state index contributed by atoms with van der Waals surface area (Å²) in [5.74, 6) is 0.249. The molecule has 0 aliphatic carbocycles. The normalized spacial score (nSPS) is 16.3. The molecule has 0 N–H and O–H groups in total. The molecule has 0 saturated carbocycles. The number of benzene rings is 1. The van der Waals surface area contributed by atoms with Gasteiger partial charge >= 0.3 is 12.1 Å². The van der Waals surface area contributed by atoms with E-state index in [0.717, 1.165) is 37.2 Å². The number of hydrogen-bond donors (Lipinski definition) is 0. The summed E-state index contributed by atoms with van der Waals surface area (Å²) in [4.78, 5) is 21.9. The molecule has 2 aromatic rings. The number of nitrogens with zero attached hydrogens (tertiary/aromatic N) is 3. The lowest BCUT2D eigenvalue weighted by Gasteiger charge is -2.32.